The number of nitrogens with zero attached hydrogens (tertiary/aromatic N) is 1. The van der Waals surface area contributed by atoms with Gasteiger partial charge in [-0.3, -0.25) is 9.59 Å². The van der Waals surface area contributed by atoms with Gasteiger partial charge in [-0.1, -0.05) is 12.1 Å². The number of amides is 1. The Morgan fingerprint density at radius 2 is 2.04 bits per heavy atom. The molecule has 0 spiro atoms. The van der Waals surface area contributed by atoms with Gasteiger partial charge in [-0.15, -0.1) is 11.3 Å². The SMILES string of the molecule is Cc1sc(C(=O)N2CCSCC2CC(=O)O)cc1-c1ccc(F)cc1. The summed E-state index contributed by atoms with van der Waals surface area (Å²) in [5, 5.41) is 9.08. The quantitative estimate of drug-likeness (QED) is 0.875. The lowest BCUT2D eigenvalue weighted by Crippen LogP contribution is -2.46. The van der Waals surface area contributed by atoms with E-state index in [0.717, 1.165) is 21.8 Å². The summed E-state index contributed by atoms with van der Waals surface area (Å²) in [5.74, 6) is 0.160. The number of halogens is 1. The number of thioether (sulfide) groups is 1. The standard InChI is InChI=1S/C18H18FNO3S2/c1-11-15(12-2-4-13(19)5-3-12)9-16(25-11)18(23)20-6-7-24-10-14(20)8-17(21)22/h2-5,9,14H,6-8,10H2,1H3,(H,21,22). The summed E-state index contributed by atoms with van der Waals surface area (Å²) in [4.78, 5) is 27.2. The van der Waals surface area contributed by atoms with E-state index in [1.54, 1.807) is 28.8 Å². The zero-order valence-corrected chi connectivity index (χ0v) is 15.3. The van der Waals surface area contributed by atoms with Crippen LogP contribution in [0.5, 0.6) is 0 Å². The van der Waals surface area contributed by atoms with Gasteiger partial charge in [0.05, 0.1) is 17.3 Å². The second-order valence-electron chi connectivity index (χ2n) is 5.91. The van der Waals surface area contributed by atoms with E-state index < -0.39 is 5.97 Å². The van der Waals surface area contributed by atoms with E-state index in [1.165, 1.54) is 23.5 Å². The van der Waals surface area contributed by atoms with Crippen LogP contribution in [0.3, 0.4) is 0 Å². The van der Waals surface area contributed by atoms with Crippen molar-refractivity contribution in [2.45, 2.75) is 19.4 Å². The maximum Gasteiger partial charge on any atom is 0.305 e. The highest BCUT2D eigenvalue weighted by Crippen LogP contribution is 2.33. The monoisotopic (exact) mass is 379 g/mol. The van der Waals surface area contributed by atoms with Gasteiger partial charge in [0.15, 0.2) is 0 Å². The summed E-state index contributed by atoms with van der Waals surface area (Å²) in [5.41, 5.74) is 1.78. The molecule has 1 atom stereocenters. The van der Waals surface area contributed by atoms with E-state index in [1.807, 2.05) is 13.0 Å². The van der Waals surface area contributed by atoms with Crippen molar-refractivity contribution < 1.29 is 19.1 Å². The first-order chi connectivity index (χ1) is 12.0. The molecular weight excluding hydrogens is 361 g/mol. The van der Waals surface area contributed by atoms with Crippen molar-refractivity contribution in [3.63, 3.8) is 0 Å². The summed E-state index contributed by atoms with van der Waals surface area (Å²) in [6, 6.07) is 7.75. The Morgan fingerprint density at radius 1 is 1.32 bits per heavy atom. The van der Waals surface area contributed by atoms with Crippen molar-refractivity contribution >= 4 is 35.0 Å². The Balaban J connectivity index is 1.85. The van der Waals surface area contributed by atoms with Gasteiger partial charge >= 0.3 is 5.97 Å². The average molecular weight is 379 g/mol. The van der Waals surface area contributed by atoms with Gasteiger partial charge in [-0.05, 0) is 36.2 Å². The molecular formula is C18H18FNO3S2. The van der Waals surface area contributed by atoms with Crippen LogP contribution in [0.4, 0.5) is 4.39 Å². The minimum Gasteiger partial charge on any atom is -0.481 e. The summed E-state index contributed by atoms with van der Waals surface area (Å²) in [6.45, 7) is 2.49. The number of carboxylic acid groups (broad SMARTS) is 1. The van der Waals surface area contributed by atoms with Crippen molar-refractivity contribution in [3.05, 3.63) is 45.9 Å². The minimum absolute atomic E-state index is 0.0338. The second kappa shape index (κ2) is 7.58. The number of carbonyl (C=O) groups excluding carboxylic acids is 1. The molecule has 1 fully saturated rings. The summed E-state index contributed by atoms with van der Waals surface area (Å²) in [6.07, 6.45) is -0.0338. The predicted octanol–water partition coefficient (Wildman–Crippen LogP) is 3.89. The number of carboxylic acids is 1. The molecule has 1 aromatic carbocycles. The molecule has 0 radical (unpaired) electrons. The van der Waals surface area contributed by atoms with Crippen LogP contribution in [-0.2, 0) is 4.79 Å². The smallest absolute Gasteiger partial charge is 0.305 e. The highest BCUT2D eigenvalue weighted by Gasteiger charge is 2.30. The van der Waals surface area contributed by atoms with Gasteiger partial charge in [0.2, 0.25) is 0 Å². The van der Waals surface area contributed by atoms with Crippen molar-refractivity contribution in [1.82, 2.24) is 4.90 Å². The molecule has 4 nitrogen and oxygen atoms in total. The van der Waals surface area contributed by atoms with Gasteiger partial charge in [0, 0.05) is 22.9 Å². The van der Waals surface area contributed by atoms with E-state index in [0.29, 0.717) is 17.2 Å². The fraction of sp³-hybridized carbons (Fsp3) is 0.333. The Hall–Kier alpha value is -1.86. The summed E-state index contributed by atoms with van der Waals surface area (Å²) >= 11 is 3.08. The Bertz CT molecular complexity index is 788. The van der Waals surface area contributed by atoms with Crippen LogP contribution in [0.2, 0.25) is 0 Å². The number of thiophene rings is 1. The predicted molar refractivity (Wildman–Crippen MR) is 98.9 cm³/mol. The molecule has 132 valence electrons. The molecule has 1 unspecified atom stereocenters. The third-order valence-corrected chi connectivity index (χ3v) is 6.31. The molecule has 1 aromatic heterocycles. The van der Waals surface area contributed by atoms with Crippen molar-refractivity contribution in [1.29, 1.82) is 0 Å². The van der Waals surface area contributed by atoms with E-state index in [9.17, 15) is 14.0 Å². The zero-order chi connectivity index (χ0) is 18.0. The van der Waals surface area contributed by atoms with E-state index in [-0.39, 0.29) is 24.2 Å². The van der Waals surface area contributed by atoms with Gasteiger partial charge in [-0.25, -0.2) is 4.39 Å². The van der Waals surface area contributed by atoms with Crippen LogP contribution in [0.25, 0.3) is 11.1 Å². The largest absolute Gasteiger partial charge is 0.481 e. The van der Waals surface area contributed by atoms with E-state index in [4.69, 9.17) is 5.11 Å². The number of hydrogen-bond acceptors (Lipinski definition) is 4. The molecule has 7 heteroatoms. The topological polar surface area (TPSA) is 57.6 Å². The van der Waals surface area contributed by atoms with E-state index in [2.05, 4.69) is 0 Å². The van der Waals surface area contributed by atoms with Gasteiger partial charge in [0.1, 0.15) is 5.82 Å². The molecule has 25 heavy (non-hydrogen) atoms. The molecule has 0 saturated carbocycles. The van der Waals surface area contributed by atoms with Crippen molar-refractivity contribution in [3.8, 4) is 11.1 Å². The van der Waals surface area contributed by atoms with E-state index >= 15 is 0 Å². The number of aliphatic carboxylic acids is 1. The lowest BCUT2D eigenvalue weighted by atomic mass is 10.1. The van der Waals surface area contributed by atoms with Crippen molar-refractivity contribution in [2.75, 3.05) is 18.1 Å². The van der Waals surface area contributed by atoms with Crippen LogP contribution >= 0.6 is 23.1 Å². The molecule has 1 aliphatic rings. The van der Waals surface area contributed by atoms with Crippen LogP contribution < -0.4 is 0 Å². The van der Waals surface area contributed by atoms with Crippen LogP contribution in [0.1, 0.15) is 21.0 Å². The molecule has 0 bridgehead atoms. The molecule has 1 aliphatic heterocycles. The normalized spacial score (nSPS) is 17.5. The maximum atomic E-state index is 13.1. The summed E-state index contributed by atoms with van der Waals surface area (Å²) in [7, 11) is 0. The third-order valence-electron chi connectivity index (χ3n) is 4.18. The Morgan fingerprint density at radius 3 is 2.72 bits per heavy atom. The lowest BCUT2D eigenvalue weighted by Gasteiger charge is -2.34. The number of benzene rings is 1. The minimum atomic E-state index is -0.889. The van der Waals surface area contributed by atoms with Gasteiger partial charge in [0.25, 0.3) is 5.91 Å². The molecule has 2 heterocycles. The molecule has 1 N–H and O–H groups in total. The molecule has 1 saturated heterocycles. The number of rotatable bonds is 4. The fourth-order valence-corrected chi connectivity index (χ4v) is 5.00. The van der Waals surface area contributed by atoms with Crippen LogP contribution in [-0.4, -0.2) is 46.0 Å². The second-order valence-corrected chi connectivity index (χ2v) is 8.32. The highest BCUT2D eigenvalue weighted by molar-refractivity contribution is 7.99. The fourth-order valence-electron chi connectivity index (χ4n) is 2.94. The molecule has 0 aliphatic carbocycles. The first kappa shape index (κ1) is 17.9. The van der Waals surface area contributed by atoms with Gasteiger partial charge < -0.3 is 10.0 Å². The molecule has 1 amide bonds. The van der Waals surface area contributed by atoms with Crippen LogP contribution in [0.15, 0.2) is 30.3 Å². The Kier molecular flexibility index (Phi) is 5.44. The zero-order valence-electron chi connectivity index (χ0n) is 13.7. The maximum absolute atomic E-state index is 13.1. The summed E-state index contributed by atoms with van der Waals surface area (Å²) < 4.78 is 13.1. The van der Waals surface area contributed by atoms with Crippen LogP contribution in [0, 0.1) is 12.7 Å². The van der Waals surface area contributed by atoms with Crippen molar-refractivity contribution in [2.24, 2.45) is 0 Å². The lowest BCUT2D eigenvalue weighted by molar-refractivity contribution is -0.138. The van der Waals surface area contributed by atoms with Gasteiger partial charge in [-0.2, -0.15) is 11.8 Å². The first-order valence-corrected chi connectivity index (χ1v) is 9.89. The third kappa shape index (κ3) is 4.04. The number of aryl methyl sites for hydroxylation is 1. The molecule has 3 rings (SSSR count). The highest BCUT2D eigenvalue weighted by atomic mass is 32.2. The number of carbonyl (C=O) groups is 2. The number of hydrogen-bond donors (Lipinski definition) is 1. The Labute approximate surface area is 153 Å². The molecule has 2 aromatic rings. The first-order valence-electron chi connectivity index (χ1n) is 7.92. The average Bonchev–Trinajstić information content (AvgIpc) is 2.97.